The van der Waals surface area contributed by atoms with E-state index < -0.39 is 0 Å². The van der Waals surface area contributed by atoms with E-state index in [1.54, 1.807) is 0 Å². The van der Waals surface area contributed by atoms with Crippen molar-refractivity contribution in [3.05, 3.63) is 17.0 Å². The first-order valence-corrected chi connectivity index (χ1v) is 7.43. The monoisotopic (exact) mass is 265 g/mol. The first kappa shape index (κ1) is 14.5. The molecule has 3 atom stereocenters. The van der Waals surface area contributed by atoms with Gasteiger partial charge in [-0.2, -0.15) is 5.10 Å². The second-order valence-corrected chi connectivity index (χ2v) is 5.65. The fraction of sp³-hybridized carbons (Fsp3) is 0.800. The van der Waals surface area contributed by atoms with Crippen molar-refractivity contribution in [3.8, 4) is 0 Å². The van der Waals surface area contributed by atoms with Crippen LogP contribution in [-0.4, -0.2) is 29.0 Å². The van der Waals surface area contributed by atoms with Crippen molar-refractivity contribution in [1.29, 1.82) is 0 Å². The summed E-state index contributed by atoms with van der Waals surface area (Å²) in [6.45, 7) is 13.7. The summed E-state index contributed by atoms with van der Waals surface area (Å²) >= 11 is 0. The Hall–Kier alpha value is -0.870. The Morgan fingerprint density at radius 3 is 2.74 bits per heavy atom. The van der Waals surface area contributed by atoms with Crippen molar-refractivity contribution in [1.82, 2.24) is 15.1 Å². The van der Waals surface area contributed by atoms with Gasteiger partial charge in [-0.1, -0.05) is 0 Å². The van der Waals surface area contributed by atoms with Gasteiger partial charge in [0.1, 0.15) is 0 Å². The molecule has 1 saturated heterocycles. The number of hydrogen-bond donors (Lipinski definition) is 1. The minimum Gasteiger partial charge on any atom is -0.378 e. The molecule has 0 spiro atoms. The van der Waals surface area contributed by atoms with E-state index >= 15 is 0 Å². The van der Waals surface area contributed by atoms with Gasteiger partial charge in [-0.15, -0.1) is 0 Å². The van der Waals surface area contributed by atoms with Crippen molar-refractivity contribution >= 4 is 0 Å². The molecular weight excluding hydrogens is 238 g/mol. The van der Waals surface area contributed by atoms with E-state index in [2.05, 4.69) is 49.7 Å². The molecule has 4 heteroatoms. The van der Waals surface area contributed by atoms with Crippen LogP contribution in [0.15, 0.2) is 0 Å². The van der Waals surface area contributed by atoms with Gasteiger partial charge in [0, 0.05) is 37.0 Å². The van der Waals surface area contributed by atoms with E-state index in [0.29, 0.717) is 18.1 Å². The largest absolute Gasteiger partial charge is 0.378 e. The molecule has 1 fully saturated rings. The minimum atomic E-state index is 0.355. The Bertz CT molecular complexity index is 427. The number of ether oxygens (including phenoxy) is 1. The van der Waals surface area contributed by atoms with Gasteiger partial charge >= 0.3 is 0 Å². The number of aryl methyl sites for hydroxylation is 2. The molecule has 1 aromatic heterocycles. The number of nitrogens with one attached hydrogen (secondary N) is 1. The molecule has 1 aromatic rings. The van der Waals surface area contributed by atoms with Gasteiger partial charge in [0.05, 0.1) is 11.8 Å². The Labute approximate surface area is 116 Å². The second-order valence-electron chi connectivity index (χ2n) is 5.65. The van der Waals surface area contributed by atoms with Crippen LogP contribution in [0.1, 0.15) is 50.2 Å². The zero-order valence-electron chi connectivity index (χ0n) is 12.9. The van der Waals surface area contributed by atoms with E-state index in [1.165, 1.54) is 17.7 Å². The Morgan fingerprint density at radius 1 is 1.47 bits per heavy atom. The lowest BCUT2D eigenvalue weighted by Crippen LogP contribution is -2.29. The summed E-state index contributed by atoms with van der Waals surface area (Å²) in [5, 5.41) is 8.25. The first-order chi connectivity index (χ1) is 9.04. The van der Waals surface area contributed by atoms with Crippen molar-refractivity contribution in [3.63, 3.8) is 0 Å². The van der Waals surface area contributed by atoms with Gasteiger partial charge in [0.25, 0.3) is 0 Å². The summed E-state index contributed by atoms with van der Waals surface area (Å²) in [6.07, 6.45) is 1.56. The average Bonchev–Trinajstić information content (AvgIpc) is 2.90. The van der Waals surface area contributed by atoms with Crippen LogP contribution < -0.4 is 5.32 Å². The smallest absolute Gasteiger partial charge is 0.0644 e. The average molecular weight is 265 g/mol. The lowest BCUT2D eigenvalue weighted by molar-refractivity contribution is 0.105. The molecule has 0 radical (unpaired) electrons. The molecule has 108 valence electrons. The predicted molar refractivity (Wildman–Crippen MR) is 77.3 cm³/mol. The number of nitrogens with zero attached hydrogens (tertiary/aromatic N) is 2. The molecule has 2 rings (SSSR count). The zero-order valence-corrected chi connectivity index (χ0v) is 12.9. The molecule has 0 bridgehead atoms. The minimum absolute atomic E-state index is 0.355. The van der Waals surface area contributed by atoms with Gasteiger partial charge in [0.2, 0.25) is 0 Å². The molecule has 19 heavy (non-hydrogen) atoms. The van der Waals surface area contributed by atoms with Crippen molar-refractivity contribution < 1.29 is 4.74 Å². The summed E-state index contributed by atoms with van der Waals surface area (Å²) in [4.78, 5) is 0. The molecule has 1 N–H and O–H groups in total. The van der Waals surface area contributed by atoms with Gasteiger partial charge < -0.3 is 10.1 Å². The van der Waals surface area contributed by atoms with Crippen LogP contribution in [-0.2, 0) is 11.3 Å². The standard InChI is InChI=1S/C15H27N3O/c1-6-18-12(4)15(11(3)17-18)10(2)16-9-14-7-8-19-13(14)5/h10,13-14,16H,6-9H2,1-5H3. The topological polar surface area (TPSA) is 39.1 Å². The second kappa shape index (κ2) is 6.06. The van der Waals surface area contributed by atoms with E-state index in [-0.39, 0.29) is 0 Å². The molecule has 0 amide bonds. The van der Waals surface area contributed by atoms with Gasteiger partial charge in [0.15, 0.2) is 0 Å². The van der Waals surface area contributed by atoms with Gasteiger partial charge in [-0.25, -0.2) is 0 Å². The van der Waals surface area contributed by atoms with E-state index in [9.17, 15) is 0 Å². The molecule has 1 aliphatic rings. The summed E-state index contributed by atoms with van der Waals surface area (Å²) in [7, 11) is 0. The van der Waals surface area contributed by atoms with Crippen molar-refractivity contribution in [2.75, 3.05) is 13.2 Å². The summed E-state index contributed by atoms with van der Waals surface area (Å²) in [5.74, 6) is 0.643. The number of aromatic nitrogens is 2. The Morgan fingerprint density at radius 2 is 2.21 bits per heavy atom. The van der Waals surface area contributed by atoms with E-state index in [0.717, 1.165) is 25.4 Å². The summed E-state index contributed by atoms with van der Waals surface area (Å²) < 4.78 is 7.70. The summed E-state index contributed by atoms with van der Waals surface area (Å²) in [6, 6.07) is 0.355. The van der Waals surface area contributed by atoms with Crippen LogP contribution in [0.2, 0.25) is 0 Å². The van der Waals surface area contributed by atoms with Crippen LogP contribution in [0.4, 0.5) is 0 Å². The predicted octanol–water partition coefficient (Wildman–Crippen LogP) is 2.60. The van der Waals surface area contributed by atoms with E-state index in [4.69, 9.17) is 4.74 Å². The highest BCUT2D eigenvalue weighted by atomic mass is 16.5. The van der Waals surface area contributed by atoms with Crippen LogP contribution in [0.3, 0.4) is 0 Å². The highest BCUT2D eigenvalue weighted by Gasteiger charge is 2.25. The third kappa shape index (κ3) is 3.00. The molecule has 1 aliphatic heterocycles. The summed E-state index contributed by atoms with van der Waals surface area (Å²) in [5.41, 5.74) is 3.79. The molecule has 0 aliphatic carbocycles. The highest BCUT2D eigenvalue weighted by Crippen LogP contribution is 2.24. The van der Waals surface area contributed by atoms with Crippen LogP contribution >= 0.6 is 0 Å². The lowest BCUT2D eigenvalue weighted by atomic mass is 10.0. The lowest BCUT2D eigenvalue weighted by Gasteiger charge is -2.19. The highest BCUT2D eigenvalue weighted by molar-refractivity contribution is 5.27. The quantitative estimate of drug-likeness (QED) is 0.889. The number of rotatable bonds is 5. The molecular formula is C15H27N3O. The molecule has 2 heterocycles. The molecule has 4 nitrogen and oxygen atoms in total. The van der Waals surface area contributed by atoms with Gasteiger partial charge in [-0.3, -0.25) is 4.68 Å². The van der Waals surface area contributed by atoms with E-state index in [1.807, 2.05) is 0 Å². The first-order valence-electron chi connectivity index (χ1n) is 7.43. The van der Waals surface area contributed by atoms with Crippen LogP contribution in [0, 0.1) is 19.8 Å². The fourth-order valence-corrected chi connectivity index (χ4v) is 3.12. The van der Waals surface area contributed by atoms with Crippen molar-refractivity contribution in [2.24, 2.45) is 5.92 Å². The Kier molecular flexibility index (Phi) is 4.63. The molecule has 0 aromatic carbocycles. The maximum Gasteiger partial charge on any atom is 0.0644 e. The number of hydrogen-bond acceptors (Lipinski definition) is 3. The fourth-order valence-electron chi connectivity index (χ4n) is 3.12. The normalized spacial score (nSPS) is 24.9. The third-order valence-corrected chi connectivity index (χ3v) is 4.39. The SMILES string of the molecule is CCn1nc(C)c(C(C)NCC2CCOC2C)c1C. The molecule has 3 unspecified atom stereocenters. The molecule has 0 saturated carbocycles. The maximum atomic E-state index is 5.62. The third-order valence-electron chi connectivity index (χ3n) is 4.39. The Balaban J connectivity index is 1.99. The zero-order chi connectivity index (χ0) is 14.0. The van der Waals surface area contributed by atoms with Crippen LogP contribution in [0.25, 0.3) is 0 Å². The van der Waals surface area contributed by atoms with Crippen LogP contribution in [0.5, 0.6) is 0 Å². The van der Waals surface area contributed by atoms with Crippen molar-refractivity contribution in [2.45, 2.75) is 59.7 Å². The maximum absolute atomic E-state index is 5.62. The van der Waals surface area contributed by atoms with Gasteiger partial charge in [-0.05, 0) is 47.0 Å².